The minimum atomic E-state index is -4.13. The average molecular weight is 671 g/mol. The van der Waals surface area contributed by atoms with Gasteiger partial charge in [-0.25, -0.2) is 8.42 Å². The van der Waals surface area contributed by atoms with Gasteiger partial charge in [0.15, 0.2) is 0 Å². The summed E-state index contributed by atoms with van der Waals surface area (Å²) in [5.74, 6) is -0.0764. The molecule has 3 aromatic rings. The number of anilines is 1. The number of hydrogen-bond acceptors (Lipinski definition) is 5. The normalized spacial score (nSPS) is 14.5. The van der Waals surface area contributed by atoms with Crippen molar-refractivity contribution in [2.24, 2.45) is 0 Å². The first-order valence-electron chi connectivity index (χ1n) is 14.7. The highest BCUT2D eigenvalue weighted by molar-refractivity contribution is 9.10. The molecule has 1 fully saturated rings. The van der Waals surface area contributed by atoms with Crippen molar-refractivity contribution in [3.8, 4) is 5.75 Å². The molecule has 43 heavy (non-hydrogen) atoms. The summed E-state index contributed by atoms with van der Waals surface area (Å²) >= 11 is 3.43. The molecular weight excluding hydrogens is 630 g/mol. The van der Waals surface area contributed by atoms with Gasteiger partial charge in [0.25, 0.3) is 10.0 Å². The van der Waals surface area contributed by atoms with Gasteiger partial charge in [-0.1, -0.05) is 78.0 Å². The predicted octanol–water partition coefficient (Wildman–Crippen LogP) is 6.22. The summed E-state index contributed by atoms with van der Waals surface area (Å²) in [5.41, 5.74) is 2.03. The number of carbonyl (C=O) groups excluding carboxylic acids is 2. The first-order valence-corrected chi connectivity index (χ1v) is 16.9. The van der Waals surface area contributed by atoms with Gasteiger partial charge in [-0.15, -0.1) is 0 Å². The summed E-state index contributed by atoms with van der Waals surface area (Å²) in [6.07, 6.45) is 5.48. The molecule has 3 aromatic carbocycles. The molecule has 0 heterocycles. The molecular formula is C33H40BrN3O5S. The van der Waals surface area contributed by atoms with Crippen molar-refractivity contribution in [1.29, 1.82) is 0 Å². The number of sulfonamides is 1. The highest BCUT2D eigenvalue weighted by atomic mass is 79.9. The molecule has 0 unspecified atom stereocenters. The second kappa shape index (κ2) is 14.9. The second-order valence-corrected chi connectivity index (χ2v) is 13.7. The number of nitrogens with one attached hydrogen (secondary N) is 1. The molecule has 10 heteroatoms. The maximum absolute atomic E-state index is 14.3. The Bertz CT molecular complexity index is 1510. The van der Waals surface area contributed by atoms with E-state index in [0.29, 0.717) is 22.3 Å². The van der Waals surface area contributed by atoms with E-state index in [1.807, 2.05) is 38.1 Å². The fourth-order valence-electron chi connectivity index (χ4n) is 5.43. The Labute approximate surface area is 263 Å². The third kappa shape index (κ3) is 8.38. The Morgan fingerprint density at radius 2 is 1.70 bits per heavy atom. The quantitative estimate of drug-likeness (QED) is 0.247. The number of carbonyl (C=O) groups is 2. The number of benzene rings is 3. The van der Waals surface area contributed by atoms with Crippen LogP contribution in [0.3, 0.4) is 0 Å². The van der Waals surface area contributed by atoms with Crippen molar-refractivity contribution >= 4 is 43.5 Å². The number of hydrogen-bond donors (Lipinski definition) is 1. The van der Waals surface area contributed by atoms with Crippen molar-refractivity contribution in [1.82, 2.24) is 10.2 Å². The van der Waals surface area contributed by atoms with Crippen LogP contribution in [0.15, 0.2) is 82.2 Å². The molecule has 0 bridgehead atoms. The topological polar surface area (TPSA) is 96.0 Å². The zero-order chi connectivity index (χ0) is 31.0. The lowest BCUT2D eigenvalue weighted by Gasteiger charge is -2.34. The van der Waals surface area contributed by atoms with Gasteiger partial charge in [-0.05, 0) is 74.2 Å². The minimum Gasteiger partial charge on any atom is -0.497 e. The van der Waals surface area contributed by atoms with E-state index < -0.39 is 28.5 Å². The SMILES string of the molecule is CC[C@@H](C(=O)NC1CCCCC1)N(Cc1cccc(OC)c1)C(=O)CN(c1cccc(Br)c1)S(=O)(=O)c1ccc(C)cc1. The van der Waals surface area contributed by atoms with E-state index in [9.17, 15) is 18.0 Å². The van der Waals surface area contributed by atoms with Gasteiger partial charge in [0.2, 0.25) is 11.8 Å². The Morgan fingerprint density at radius 3 is 2.35 bits per heavy atom. The van der Waals surface area contributed by atoms with Gasteiger partial charge in [0, 0.05) is 17.1 Å². The number of aryl methyl sites for hydroxylation is 1. The molecule has 0 saturated heterocycles. The van der Waals surface area contributed by atoms with Gasteiger partial charge in [-0.3, -0.25) is 13.9 Å². The van der Waals surface area contributed by atoms with E-state index >= 15 is 0 Å². The summed E-state index contributed by atoms with van der Waals surface area (Å²) in [7, 11) is -2.56. The van der Waals surface area contributed by atoms with Crippen LogP contribution in [-0.4, -0.2) is 50.9 Å². The highest BCUT2D eigenvalue weighted by Gasteiger charge is 2.34. The number of nitrogens with zero attached hydrogens (tertiary/aromatic N) is 2. The van der Waals surface area contributed by atoms with Crippen LogP contribution in [0.2, 0.25) is 0 Å². The second-order valence-electron chi connectivity index (χ2n) is 10.9. The van der Waals surface area contributed by atoms with Crippen LogP contribution in [0.4, 0.5) is 5.69 Å². The molecule has 0 spiro atoms. The molecule has 1 N–H and O–H groups in total. The summed E-state index contributed by atoms with van der Waals surface area (Å²) < 4.78 is 35.3. The molecule has 230 valence electrons. The van der Waals surface area contributed by atoms with E-state index in [-0.39, 0.29) is 23.4 Å². The van der Waals surface area contributed by atoms with Crippen molar-refractivity contribution in [3.63, 3.8) is 0 Å². The van der Waals surface area contributed by atoms with Crippen molar-refractivity contribution in [2.45, 2.75) is 75.9 Å². The van der Waals surface area contributed by atoms with Gasteiger partial charge < -0.3 is 15.0 Å². The lowest BCUT2D eigenvalue weighted by molar-refractivity contribution is -0.140. The highest BCUT2D eigenvalue weighted by Crippen LogP contribution is 2.28. The Morgan fingerprint density at radius 1 is 1.00 bits per heavy atom. The van der Waals surface area contributed by atoms with E-state index in [1.165, 1.54) is 4.90 Å². The molecule has 1 saturated carbocycles. The summed E-state index contributed by atoms with van der Waals surface area (Å²) in [4.78, 5) is 29.6. The summed E-state index contributed by atoms with van der Waals surface area (Å²) in [6, 6.07) is 20.0. The fourth-order valence-corrected chi connectivity index (χ4v) is 7.22. The van der Waals surface area contributed by atoms with Crippen LogP contribution >= 0.6 is 15.9 Å². The molecule has 0 radical (unpaired) electrons. The number of amides is 2. The average Bonchev–Trinajstić information content (AvgIpc) is 3.00. The predicted molar refractivity (Wildman–Crippen MR) is 172 cm³/mol. The van der Waals surface area contributed by atoms with E-state index in [2.05, 4.69) is 21.2 Å². The monoisotopic (exact) mass is 669 g/mol. The fraction of sp³-hybridized carbons (Fsp3) is 0.394. The smallest absolute Gasteiger partial charge is 0.264 e. The third-order valence-electron chi connectivity index (χ3n) is 7.81. The molecule has 4 rings (SSSR count). The van der Waals surface area contributed by atoms with E-state index in [0.717, 1.165) is 47.5 Å². The van der Waals surface area contributed by atoms with Gasteiger partial charge in [0.05, 0.1) is 17.7 Å². The molecule has 0 aromatic heterocycles. The van der Waals surface area contributed by atoms with Crippen molar-refractivity contribution in [2.75, 3.05) is 18.0 Å². The van der Waals surface area contributed by atoms with Crippen LogP contribution in [0, 0.1) is 6.92 Å². The molecule has 0 aliphatic heterocycles. The van der Waals surface area contributed by atoms with Crippen molar-refractivity contribution < 1.29 is 22.7 Å². The number of rotatable bonds is 12. The van der Waals surface area contributed by atoms with Gasteiger partial charge in [-0.2, -0.15) is 0 Å². The molecule has 1 aliphatic carbocycles. The van der Waals surface area contributed by atoms with E-state index in [4.69, 9.17) is 4.74 Å². The van der Waals surface area contributed by atoms with Gasteiger partial charge >= 0.3 is 0 Å². The molecule has 1 atom stereocenters. The number of methoxy groups -OCH3 is 1. The van der Waals surface area contributed by atoms with Crippen LogP contribution < -0.4 is 14.4 Å². The summed E-state index contributed by atoms with van der Waals surface area (Å²) in [5, 5.41) is 3.17. The zero-order valence-corrected chi connectivity index (χ0v) is 27.4. The molecule has 2 amide bonds. The maximum Gasteiger partial charge on any atom is 0.264 e. The standard InChI is InChI=1S/C33H40BrN3O5S/c1-4-31(33(39)35-27-12-6-5-7-13-27)36(22-25-10-8-15-29(20-25)42-3)32(38)23-37(28-14-9-11-26(34)21-28)43(40,41)30-18-16-24(2)17-19-30/h8-11,14-21,27,31H,4-7,12-13,22-23H2,1-3H3,(H,35,39)/t31-/m0/s1. The first kappa shape index (κ1) is 32.5. The number of halogens is 1. The Balaban J connectivity index is 1.71. The van der Waals surface area contributed by atoms with Crippen LogP contribution in [0.1, 0.15) is 56.6 Å². The zero-order valence-electron chi connectivity index (χ0n) is 25.0. The van der Waals surface area contributed by atoms with Crippen molar-refractivity contribution in [3.05, 3.63) is 88.4 Å². The lowest BCUT2D eigenvalue weighted by Crippen LogP contribution is -2.54. The maximum atomic E-state index is 14.3. The van der Waals surface area contributed by atoms with Crippen LogP contribution in [0.25, 0.3) is 0 Å². The number of ether oxygens (including phenoxy) is 1. The Kier molecular flexibility index (Phi) is 11.3. The van der Waals surface area contributed by atoms with Crippen LogP contribution in [0.5, 0.6) is 5.75 Å². The van der Waals surface area contributed by atoms with Crippen LogP contribution in [-0.2, 0) is 26.2 Å². The molecule has 8 nitrogen and oxygen atoms in total. The largest absolute Gasteiger partial charge is 0.497 e. The lowest BCUT2D eigenvalue weighted by atomic mass is 9.95. The van der Waals surface area contributed by atoms with E-state index in [1.54, 1.807) is 55.6 Å². The minimum absolute atomic E-state index is 0.0733. The molecule has 1 aliphatic rings. The summed E-state index contributed by atoms with van der Waals surface area (Å²) in [6.45, 7) is 3.38. The van der Waals surface area contributed by atoms with Gasteiger partial charge in [0.1, 0.15) is 18.3 Å². The first-order chi connectivity index (χ1) is 20.6. The Hall–Kier alpha value is -3.37. The third-order valence-corrected chi connectivity index (χ3v) is 10.1.